The average molecular weight is 296 g/mol. The molecule has 1 saturated carbocycles. The van der Waals surface area contributed by atoms with E-state index in [9.17, 15) is 0 Å². The quantitative estimate of drug-likeness (QED) is 0.942. The first-order valence-electron chi connectivity index (χ1n) is 6.49. The molecular formula is C14H18ClN3O2. The van der Waals surface area contributed by atoms with E-state index in [2.05, 4.69) is 10.1 Å². The average Bonchev–Trinajstić information content (AvgIpc) is 3.08. The van der Waals surface area contributed by atoms with E-state index in [4.69, 9.17) is 15.0 Å². The fourth-order valence-corrected chi connectivity index (χ4v) is 2.59. The van der Waals surface area contributed by atoms with Crippen LogP contribution in [-0.2, 0) is 5.54 Å². The van der Waals surface area contributed by atoms with Crippen LogP contribution in [0.15, 0.2) is 28.8 Å². The van der Waals surface area contributed by atoms with E-state index < -0.39 is 5.54 Å². The third kappa shape index (κ3) is 2.51. The molecule has 5 nitrogen and oxygen atoms in total. The van der Waals surface area contributed by atoms with E-state index in [1.807, 2.05) is 24.3 Å². The van der Waals surface area contributed by atoms with Gasteiger partial charge in [-0.05, 0) is 25.0 Å². The highest BCUT2D eigenvalue weighted by Gasteiger charge is 2.36. The van der Waals surface area contributed by atoms with Crippen LogP contribution in [0.1, 0.15) is 31.5 Å². The Bertz CT molecular complexity index is 579. The molecule has 0 atom stereocenters. The van der Waals surface area contributed by atoms with Crippen LogP contribution in [0.25, 0.3) is 11.5 Å². The first-order chi connectivity index (χ1) is 9.23. The van der Waals surface area contributed by atoms with Gasteiger partial charge in [-0.15, -0.1) is 12.4 Å². The van der Waals surface area contributed by atoms with E-state index in [1.54, 1.807) is 7.11 Å². The van der Waals surface area contributed by atoms with Gasteiger partial charge in [0.25, 0.3) is 5.89 Å². The molecule has 0 aliphatic heterocycles. The van der Waals surface area contributed by atoms with Crippen molar-refractivity contribution in [1.29, 1.82) is 0 Å². The number of ether oxygens (including phenoxy) is 1. The summed E-state index contributed by atoms with van der Waals surface area (Å²) in [6.07, 6.45) is 4.07. The lowest BCUT2D eigenvalue weighted by Crippen LogP contribution is -2.34. The molecular weight excluding hydrogens is 278 g/mol. The predicted molar refractivity (Wildman–Crippen MR) is 77.9 cm³/mol. The SMILES string of the molecule is COc1ccccc1-c1nc(C2(N)CCCC2)no1.Cl. The van der Waals surface area contributed by atoms with Crippen LogP contribution in [0.5, 0.6) is 5.75 Å². The Labute approximate surface area is 123 Å². The van der Waals surface area contributed by atoms with Gasteiger partial charge in [0.05, 0.1) is 18.2 Å². The van der Waals surface area contributed by atoms with E-state index in [1.165, 1.54) is 0 Å². The first kappa shape index (κ1) is 14.8. The van der Waals surface area contributed by atoms with Crippen LogP contribution in [0.3, 0.4) is 0 Å². The molecule has 6 heteroatoms. The Balaban J connectivity index is 0.00000147. The normalized spacial score (nSPS) is 16.7. The van der Waals surface area contributed by atoms with E-state index >= 15 is 0 Å². The molecule has 1 heterocycles. The molecule has 1 aliphatic rings. The summed E-state index contributed by atoms with van der Waals surface area (Å²) in [7, 11) is 1.62. The lowest BCUT2D eigenvalue weighted by atomic mass is 9.99. The van der Waals surface area contributed by atoms with Crippen molar-refractivity contribution in [1.82, 2.24) is 10.1 Å². The van der Waals surface area contributed by atoms with Gasteiger partial charge in [0.15, 0.2) is 5.82 Å². The van der Waals surface area contributed by atoms with Gasteiger partial charge >= 0.3 is 0 Å². The van der Waals surface area contributed by atoms with Gasteiger partial charge in [-0.2, -0.15) is 4.98 Å². The fraction of sp³-hybridized carbons (Fsp3) is 0.429. The Kier molecular flexibility index (Phi) is 4.30. The number of nitrogens with two attached hydrogens (primary N) is 1. The molecule has 20 heavy (non-hydrogen) atoms. The number of hydrogen-bond donors (Lipinski definition) is 1. The van der Waals surface area contributed by atoms with Crippen LogP contribution in [-0.4, -0.2) is 17.3 Å². The van der Waals surface area contributed by atoms with Gasteiger partial charge in [0.2, 0.25) is 0 Å². The van der Waals surface area contributed by atoms with Gasteiger partial charge < -0.3 is 15.0 Å². The topological polar surface area (TPSA) is 74.2 Å². The maximum Gasteiger partial charge on any atom is 0.261 e. The summed E-state index contributed by atoms with van der Waals surface area (Å²) in [5, 5.41) is 4.06. The third-order valence-corrected chi connectivity index (χ3v) is 3.70. The predicted octanol–water partition coefficient (Wildman–Crippen LogP) is 2.90. The zero-order chi connectivity index (χ0) is 13.3. The lowest BCUT2D eigenvalue weighted by molar-refractivity contribution is 0.370. The molecule has 0 radical (unpaired) electrons. The number of hydrogen-bond acceptors (Lipinski definition) is 5. The maximum absolute atomic E-state index is 6.33. The molecule has 0 amide bonds. The van der Waals surface area contributed by atoms with Crippen molar-refractivity contribution in [2.75, 3.05) is 7.11 Å². The minimum absolute atomic E-state index is 0. The van der Waals surface area contributed by atoms with Crippen molar-refractivity contribution in [2.45, 2.75) is 31.2 Å². The molecule has 108 valence electrons. The Morgan fingerprint density at radius 2 is 1.95 bits per heavy atom. The van der Waals surface area contributed by atoms with Crippen molar-refractivity contribution < 1.29 is 9.26 Å². The Hall–Kier alpha value is -1.59. The second-order valence-electron chi connectivity index (χ2n) is 4.99. The van der Waals surface area contributed by atoms with Crippen LogP contribution >= 0.6 is 12.4 Å². The molecule has 2 N–H and O–H groups in total. The van der Waals surface area contributed by atoms with E-state index in [-0.39, 0.29) is 12.4 Å². The molecule has 1 fully saturated rings. The largest absolute Gasteiger partial charge is 0.496 e. The van der Waals surface area contributed by atoms with Gasteiger partial charge in [-0.25, -0.2) is 0 Å². The van der Waals surface area contributed by atoms with E-state index in [0.717, 1.165) is 37.0 Å². The van der Waals surface area contributed by atoms with Crippen molar-refractivity contribution in [3.8, 4) is 17.2 Å². The highest BCUT2D eigenvalue weighted by atomic mass is 35.5. The minimum Gasteiger partial charge on any atom is -0.496 e. The summed E-state index contributed by atoms with van der Waals surface area (Å²) in [5.41, 5.74) is 6.70. The molecule has 0 bridgehead atoms. The summed E-state index contributed by atoms with van der Waals surface area (Å²) >= 11 is 0. The van der Waals surface area contributed by atoms with Gasteiger partial charge in [-0.3, -0.25) is 0 Å². The number of aromatic nitrogens is 2. The van der Waals surface area contributed by atoms with Crippen LogP contribution in [0.2, 0.25) is 0 Å². The number of benzene rings is 1. The summed E-state index contributed by atoms with van der Waals surface area (Å²) in [6.45, 7) is 0. The molecule has 1 aromatic carbocycles. The number of para-hydroxylation sites is 1. The zero-order valence-electron chi connectivity index (χ0n) is 11.3. The Morgan fingerprint density at radius 3 is 2.65 bits per heavy atom. The standard InChI is InChI=1S/C14H17N3O2.ClH/c1-18-11-7-3-2-6-10(11)12-16-13(17-19-12)14(15)8-4-5-9-14;/h2-3,6-7H,4-5,8-9,15H2,1H3;1H. The fourth-order valence-electron chi connectivity index (χ4n) is 2.59. The second kappa shape index (κ2) is 5.81. The van der Waals surface area contributed by atoms with Crippen LogP contribution in [0, 0.1) is 0 Å². The summed E-state index contributed by atoms with van der Waals surface area (Å²) in [4.78, 5) is 4.46. The monoisotopic (exact) mass is 295 g/mol. The lowest BCUT2D eigenvalue weighted by Gasteiger charge is -2.17. The molecule has 0 unspecified atom stereocenters. The van der Waals surface area contributed by atoms with Gasteiger partial charge in [0.1, 0.15) is 5.75 Å². The molecule has 0 spiro atoms. The minimum atomic E-state index is -0.427. The van der Waals surface area contributed by atoms with Crippen LogP contribution < -0.4 is 10.5 Å². The number of nitrogens with zero attached hydrogens (tertiary/aromatic N) is 2. The highest BCUT2D eigenvalue weighted by Crippen LogP contribution is 2.36. The molecule has 2 aromatic rings. The van der Waals surface area contributed by atoms with Gasteiger partial charge in [-0.1, -0.05) is 30.1 Å². The maximum atomic E-state index is 6.33. The van der Waals surface area contributed by atoms with Crippen molar-refractivity contribution in [3.63, 3.8) is 0 Å². The Morgan fingerprint density at radius 1 is 1.25 bits per heavy atom. The summed E-state index contributed by atoms with van der Waals surface area (Å²) < 4.78 is 10.7. The summed E-state index contributed by atoms with van der Waals surface area (Å²) in [5.74, 6) is 1.78. The molecule has 1 aromatic heterocycles. The molecule has 1 aliphatic carbocycles. The van der Waals surface area contributed by atoms with E-state index in [0.29, 0.717) is 11.7 Å². The van der Waals surface area contributed by atoms with Crippen molar-refractivity contribution in [2.24, 2.45) is 5.73 Å². The molecule has 0 saturated heterocycles. The third-order valence-electron chi connectivity index (χ3n) is 3.70. The van der Waals surface area contributed by atoms with Crippen molar-refractivity contribution >= 4 is 12.4 Å². The van der Waals surface area contributed by atoms with Gasteiger partial charge in [0, 0.05) is 0 Å². The highest BCUT2D eigenvalue weighted by molar-refractivity contribution is 5.85. The number of halogens is 1. The van der Waals surface area contributed by atoms with Crippen LogP contribution in [0.4, 0.5) is 0 Å². The van der Waals surface area contributed by atoms with Crippen molar-refractivity contribution in [3.05, 3.63) is 30.1 Å². The second-order valence-corrected chi connectivity index (χ2v) is 4.99. The smallest absolute Gasteiger partial charge is 0.261 e. The number of rotatable bonds is 3. The zero-order valence-corrected chi connectivity index (χ0v) is 12.2. The first-order valence-corrected chi connectivity index (χ1v) is 6.49. The molecule has 3 rings (SSSR count). The summed E-state index contributed by atoms with van der Waals surface area (Å²) in [6, 6.07) is 7.58. The number of methoxy groups -OCH3 is 1.